The van der Waals surface area contributed by atoms with Crippen LogP contribution in [0.3, 0.4) is 0 Å². The van der Waals surface area contributed by atoms with E-state index >= 15 is 0 Å². The van der Waals surface area contributed by atoms with Crippen LogP contribution in [0.2, 0.25) is 0 Å². The quantitative estimate of drug-likeness (QED) is 0.295. The van der Waals surface area contributed by atoms with Gasteiger partial charge in [0.25, 0.3) is 5.91 Å². The molecule has 2 aromatic heterocycles. The highest BCUT2D eigenvalue weighted by Crippen LogP contribution is 2.42. The van der Waals surface area contributed by atoms with E-state index in [9.17, 15) is 4.79 Å². The van der Waals surface area contributed by atoms with Crippen molar-refractivity contribution in [1.82, 2.24) is 15.6 Å². The molecule has 0 unspecified atom stereocenters. The maximum Gasteiger partial charge on any atom is 0.277 e. The monoisotopic (exact) mass is 361 g/mol. The van der Waals surface area contributed by atoms with Gasteiger partial charge in [-0.25, -0.2) is 5.84 Å². The Labute approximate surface area is 153 Å². The Morgan fingerprint density at radius 1 is 0.923 bits per heavy atom. The molecule has 5 N–H and O–H groups in total. The minimum Gasteiger partial charge on any atom is -0.397 e. The predicted octanol–water partition coefficient (Wildman–Crippen LogP) is 3.21. The second-order valence-corrected chi connectivity index (χ2v) is 6.65. The number of anilines is 1. The fraction of sp³-hybridized carbons (Fsp3) is 0. The molecule has 0 radical (unpaired) electrons. The Hall–Kier alpha value is -3.29. The number of hydrogen-bond acceptors (Lipinski definition) is 6. The molecule has 0 bridgehead atoms. The SMILES string of the molecule is NNC(=O)c1sc2nnc(-c3ccccc3)c(-c3ccccc3)c2c1N. The lowest BCUT2D eigenvalue weighted by Crippen LogP contribution is -2.29. The van der Waals surface area contributed by atoms with Crippen LogP contribution in [-0.2, 0) is 0 Å². The molecule has 26 heavy (non-hydrogen) atoms. The number of nitrogen functional groups attached to an aromatic ring is 2. The molecule has 0 saturated carbocycles. The summed E-state index contributed by atoms with van der Waals surface area (Å²) in [5, 5.41) is 9.46. The van der Waals surface area contributed by atoms with Crippen LogP contribution in [0.1, 0.15) is 9.67 Å². The first-order valence-corrected chi connectivity index (χ1v) is 8.72. The van der Waals surface area contributed by atoms with Crippen molar-refractivity contribution in [2.75, 3.05) is 5.73 Å². The summed E-state index contributed by atoms with van der Waals surface area (Å²) in [6.45, 7) is 0. The molecule has 7 heteroatoms. The number of amides is 1. The number of nitrogens with two attached hydrogens (primary N) is 2. The molecule has 4 rings (SSSR count). The van der Waals surface area contributed by atoms with Crippen molar-refractivity contribution >= 4 is 33.1 Å². The van der Waals surface area contributed by atoms with Crippen LogP contribution in [0.5, 0.6) is 0 Å². The van der Waals surface area contributed by atoms with Crippen LogP contribution in [0.4, 0.5) is 5.69 Å². The van der Waals surface area contributed by atoms with E-state index in [0.29, 0.717) is 26.5 Å². The Morgan fingerprint density at radius 3 is 2.15 bits per heavy atom. The lowest BCUT2D eigenvalue weighted by atomic mass is 9.96. The van der Waals surface area contributed by atoms with Gasteiger partial charge in [-0.05, 0) is 5.56 Å². The van der Waals surface area contributed by atoms with Gasteiger partial charge in [-0.3, -0.25) is 10.2 Å². The first kappa shape index (κ1) is 16.2. The van der Waals surface area contributed by atoms with E-state index in [2.05, 4.69) is 15.6 Å². The molecule has 0 saturated heterocycles. The van der Waals surface area contributed by atoms with Gasteiger partial charge in [-0.15, -0.1) is 21.5 Å². The number of thiophene rings is 1. The molecule has 128 valence electrons. The molecule has 0 aliphatic carbocycles. The van der Waals surface area contributed by atoms with Gasteiger partial charge in [0, 0.05) is 16.5 Å². The van der Waals surface area contributed by atoms with E-state index in [1.165, 1.54) is 11.3 Å². The number of fused-ring (bicyclic) bond motifs is 1. The lowest BCUT2D eigenvalue weighted by Gasteiger charge is -2.11. The number of nitrogens with one attached hydrogen (secondary N) is 1. The van der Waals surface area contributed by atoms with E-state index in [4.69, 9.17) is 11.6 Å². The van der Waals surface area contributed by atoms with Crippen molar-refractivity contribution < 1.29 is 4.79 Å². The van der Waals surface area contributed by atoms with Crippen LogP contribution in [0.15, 0.2) is 60.7 Å². The number of hydrazine groups is 1. The van der Waals surface area contributed by atoms with Gasteiger partial charge in [0.15, 0.2) is 0 Å². The van der Waals surface area contributed by atoms with Gasteiger partial charge in [0.05, 0.1) is 5.69 Å². The van der Waals surface area contributed by atoms with E-state index < -0.39 is 5.91 Å². The van der Waals surface area contributed by atoms with E-state index in [1.807, 2.05) is 60.7 Å². The van der Waals surface area contributed by atoms with Crippen molar-refractivity contribution in [2.45, 2.75) is 0 Å². The highest BCUT2D eigenvalue weighted by Gasteiger charge is 2.23. The third-order valence-corrected chi connectivity index (χ3v) is 5.19. The summed E-state index contributed by atoms with van der Waals surface area (Å²) in [5.41, 5.74) is 12.3. The molecular weight excluding hydrogens is 346 g/mol. The normalized spacial score (nSPS) is 10.8. The number of benzene rings is 2. The molecule has 0 atom stereocenters. The van der Waals surface area contributed by atoms with E-state index in [1.54, 1.807) is 0 Å². The summed E-state index contributed by atoms with van der Waals surface area (Å²) in [7, 11) is 0. The second kappa shape index (κ2) is 6.55. The zero-order valence-corrected chi connectivity index (χ0v) is 14.5. The standard InChI is InChI=1S/C19H15N5OS/c20-15-14-13(11-7-3-1-4-8-11)16(12-9-5-2-6-10-12)23-24-19(14)26-17(15)18(25)22-21/h1-10H,20-21H2,(H,22,25). The summed E-state index contributed by atoms with van der Waals surface area (Å²) < 4.78 is 0. The van der Waals surface area contributed by atoms with Crippen LogP contribution < -0.4 is 17.0 Å². The first-order valence-electron chi connectivity index (χ1n) is 7.91. The summed E-state index contributed by atoms with van der Waals surface area (Å²) in [4.78, 5) is 13.0. The molecule has 0 aliphatic rings. The molecule has 0 aliphatic heterocycles. The summed E-state index contributed by atoms with van der Waals surface area (Å²) >= 11 is 1.18. The summed E-state index contributed by atoms with van der Waals surface area (Å²) in [6.07, 6.45) is 0. The van der Waals surface area contributed by atoms with E-state index in [-0.39, 0.29) is 0 Å². The predicted molar refractivity (Wildman–Crippen MR) is 104 cm³/mol. The van der Waals surface area contributed by atoms with Crippen LogP contribution in [-0.4, -0.2) is 16.1 Å². The van der Waals surface area contributed by atoms with Gasteiger partial charge in [-0.2, -0.15) is 0 Å². The number of aromatic nitrogens is 2. The fourth-order valence-electron chi connectivity index (χ4n) is 2.93. The zero-order valence-electron chi connectivity index (χ0n) is 13.6. The smallest absolute Gasteiger partial charge is 0.277 e. The van der Waals surface area contributed by atoms with Gasteiger partial charge >= 0.3 is 0 Å². The van der Waals surface area contributed by atoms with Crippen molar-refractivity contribution in [3.05, 3.63) is 65.5 Å². The number of carbonyl (C=O) groups excluding carboxylic acids is 1. The van der Waals surface area contributed by atoms with Crippen LogP contribution in [0.25, 0.3) is 32.6 Å². The molecular formula is C19H15N5OS. The molecule has 0 spiro atoms. The molecule has 2 heterocycles. The van der Waals surface area contributed by atoms with Gasteiger partial charge in [0.2, 0.25) is 0 Å². The number of carbonyl (C=O) groups is 1. The Balaban J connectivity index is 2.10. The molecule has 1 amide bonds. The van der Waals surface area contributed by atoms with Crippen LogP contribution in [0, 0.1) is 0 Å². The highest BCUT2D eigenvalue weighted by molar-refractivity contribution is 7.21. The Kier molecular flexibility index (Phi) is 4.08. The topological polar surface area (TPSA) is 107 Å². The Morgan fingerprint density at radius 2 is 1.54 bits per heavy atom. The van der Waals surface area contributed by atoms with Crippen molar-refractivity contribution in [2.24, 2.45) is 5.84 Å². The lowest BCUT2D eigenvalue weighted by molar-refractivity contribution is 0.0958. The highest BCUT2D eigenvalue weighted by atomic mass is 32.1. The molecule has 0 fully saturated rings. The maximum atomic E-state index is 12.1. The van der Waals surface area contributed by atoms with Gasteiger partial charge in [-0.1, -0.05) is 60.7 Å². The molecule has 6 nitrogen and oxygen atoms in total. The largest absolute Gasteiger partial charge is 0.397 e. The first-order chi connectivity index (χ1) is 12.7. The molecule has 4 aromatic rings. The third kappa shape index (κ3) is 2.59. The second-order valence-electron chi connectivity index (χ2n) is 5.65. The zero-order chi connectivity index (χ0) is 18.1. The maximum absolute atomic E-state index is 12.1. The number of rotatable bonds is 3. The van der Waals surface area contributed by atoms with Crippen molar-refractivity contribution in [3.63, 3.8) is 0 Å². The summed E-state index contributed by atoms with van der Waals surface area (Å²) in [5.74, 6) is 4.84. The number of nitrogens with zero attached hydrogens (tertiary/aromatic N) is 2. The fourth-order valence-corrected chi connectivity index (χ4v) is 3.88. The molecule has 2 aromatic carbocycles. The minimum absolute atomic E-state index is 0.333. The van der Waals surface area contributed by atoms with Gasteiger partial charge in [0.1, 0.15) is 15.4 Å². The minimum atomic E-state index is -0.439. The Bertz CT molecular complexity index is 1090. The summed E-state index contributed by atoms with van der Waals surface area (Å²) in [6, 6.07) is 19.6. The third-order valence-electron chi connectivity index (χ3n) is 4.10. The number of hydrogen-bond donors (Lipinski definition) is 3. The van der Waals surface area contributed by atoms with E-state index in [0.717, 1.165) is 16.7 Å². The van der Waals surface area contributed by atoms with Crippen LogP contribution >= 0.6 is 11.3 Å². The van der Waals surface area contributed by atoms with Gasteiger partial charge < -0.3 is 5.73 Å². The average Bonchev–Trinajstić information content (AvgIpc) is 3.05. The van der Waals surface area contributed by atoms with Crippen molar-refractivity contribution in [3.8, 4) is 22.4 Å². The van der Waals surface area contributed by atoms with Crippen molar-refractivity contribution in [1.29, 1.82) is 0 Å². The average molecular weight is 361 g/mol.